The molecule has 1 saturated heterocycles. The number of thiophene rings is 1. The molecule has 1 aliphatic rings. The molecule has 2 heterocycles. The van der Waals surface area contributed by atoms with Gasteiger partial charge in [-0.05, 0) is 54.4 Å². The lowest BCUT2D eigenvalue weighted by molar-refractivity contribution is 0.102. The molecule has 1 aliphatic heterocycles. The number of para-hydroxylation sites is 1. The quantitative estimate of drug-likeness (QED) is 0.284. The summed E-state index contributed by atoms with van der Waals surface area (Å²) >= 11 is 7.93. The van der Waals surface area contributed by atoms with Crippen LogP contribution in [0, 0.1) is 0 Å². The Labute approximate surface area is 222 Å². The van der Waals surface area contributed by atoms with Gasteiger partial charge in [-0.25, -0.2) is 0 Å². The third kappa shape index (κ3) is 5.49. The van der Waals surface area contributed by atoms with Crippen molar-refractivity contribution in [3.63, 3.8) is 0 Å². The van der Waals surface area contributed by atoms with E-state index < -0.39 is 0 Å². The lowest BCUT2D eigenvalue weighted by Gasteiger charge is -2.40. The van der Waals surface area contributed by atoms with Gasteiger partial charge in [-0.15, -0.1) is 11.3 Å². The molecule has 0 radical (unpaired) electrons. The Morgan fingerprint density at radius 1 is 0.917 bits per heavy atom. The molecule has 5 rings (SSSR count). The minimum atomic E-state index is -0.0786. The number of anilines is 2. The molecule has 1 N–H and O–H groups in total. The third-order valence-electron chi connectivity index (χ3n) is 6.70. The van der Waals surface area contributed by atoms with Crippen molar-refractivity contribution in [2.24, 2.45) is 0 Å². The standard InChI is InChI=1S/C30H30ClN3OS/c1-2-26-21-27(30(36-26)32-29(35)23-9-5-3-6-10-23)28(22-13-15-24(31)16-14-22)34-19-17-33(18-20-34)25-11-7-4-8-12-25/h3-16,21,28H,2,17-20H2,1H3,(H,32,35). The topological polar surface area (TPSA) is 35.6 Å². The average molecular weight is 516 g/mol. The van der Waals surface area contributed by atoms with E-state index in [-0.39, 0.29) is 11.9 Å². The predicted octanol–water partition coefficient (Wildman–Crippen LogP) is 7.13. The lowest BCUT2D eigenvalue weighted by Crippen LogP contribution is -2.48. The van der Waals surface area contributed by atoms with Crippen LogP contribution >= 0.6 is 22.9 Å². The largest absolute Gasteiger partial charge is 0.369 e. The first-order valence-electron chi connectivity index (χ1n) is 12.4. The van der Waals surface area contributed by atoms with Crippen LogP contribution < -0.4 is 10.2 Å². The molecule has 0 saturated carbocycles. The molecule has 1 unspecified atom stereocenters. The molecule has 6 heteroatoms. The molecule has 1 aromatic heterocycles. The summed E-state index contributed by atoms with van der Waals surface area (Å²) in [6.07, 6.45) is 0.925. The number of hydrogen-bond donors (Lipinski definition) is 1. The van der Waals surface area contributed by atoms with Crippen molar-refractivity contribution < 1.29 is 4.79 Å². The zero-order valence-electron chi connectivity index (χ0n) is 20.4. The Morgan fingerprint density at radius 3 is 2.19 bits per heavy atom. The molecule has 4 aromatic rings. The number of carbonyl (C=O) groups is 1. The van der Waals surface area contributed by atoms with Gasteiger partial charge in [0.25, 0.3) is 5.91 Å². The van der Waals surface area contributed by atoms with Crippen molar-refractivity contribution in [1.29, 1.82) is 0 Å². The minimum Gasteiger partial charge on any atom is -0.369 e. The van der Waals surface area contributed by atoms with Gasteiger partial charge in [0.15, 0.2) is 0 Å². The Morgan fingerprint density at radius 2 is 1.56 bits per heavy atom. The van der Waals surface area contributed by atoms with Crippen molar-refractivity contribution in [1.82, 2.24) is 4.90 Å². The van der Waals surface area contributed by atoms with Gasteiger partial charge in [-0.1, -0.05) is 67.1 Å². The van der Waals surface area contributed by atoms with Gasteiger partial charge in [-0.2, -0.15) is 0 Å². The van der Waals surface area contributed by atoms with E-state index >= 15 is 0 Å². The van der Waals surface area contributed by atoms with Gasteiger partial charge in [0, 0.05) is 52.9 Å². The Hall–Kier alpha value is -3.12. The lowest BCUT2D eigenvalue weighted by atomic mass is 9.97. The van der Waals surface area contributed by atoms with E-state index in [1.54, 1.807) is 11.3 Å². The molecule has 0 spiro atoms. The molecule has 1 fully saturated rings. The normalized spacial score (nSPS) is 15.0. The first-order chi connectivity index (χ1) is 17.6. The van der Waals surface area contributed by atoms with E-state index in [1.165, 1.54) is 16.1 Å². The van der Waals surface area contributed by atoms with Crippen molar-refractivity contribution in [2.75, 3.05) is 36.4 Å². The monoisotopic (exact) mass is 515 g/mol. The number of hydrogen-bond acceptors (Lipinski definition) is 4. The van der Waals surface area contributed by atoms with Gasteiger partial charge in [0.05, 0.1) is 6.04 Å². The van der Waals surface area contributed by atoms with Crippen LogP contribution in [0.1, 0.15) is 39.3 Å². The van der Waals surface area contributed by atoms with Crippen LogP contribution in [0.15, 0.2) is 91.0 Å². The number of benzene rings is 3. The maximum absolute atomic E-state index is 13.1. The zero-order chi connectivity index (χ0) is 24.9. The molecule has 0 aliphatic carbocycles. The van der Waals surface area contributed by atoms with Crippen LogP contribution in [-0.4, -0.2) is 37.0 Å². The van der Waals surface area contributed by atoms with E-state index in [9.17, 15) is 4.79 Å². The summed E-state index contributed by atoms with van der Waals surface area (Å²) in [4.78, 5) is 19.3. The highest BCUT2D eigenvalue weighted by molar-refractivity contribution is 7.16. The number of aryl methyl sites for hydroxylation is 1. The second-order valence-corrected chi connectivity index (χ2v) is 10.6. The highest BCUT2D eigenvalue weighted by Crippen LogP contribution is 2.40. The Bertz CT molecular complexity index is 1280. The summed E-state index contributed by atoms with van der Waals surface area (Å²) in [6.45, 7) is 5.90. The number of carbonyl (C=O) groups excluding carboxylic acids is 1. The fraction of sp³-hybridized carbons (Fsp3) is 0.233. The SMILES string of the molecule is CCc1cc(C(c2ccc(Cl)cc2)N2CCN(c3ccccc3)CC2)c(NC(=O)c2ccccc2)s1. The highest BCUT2D eigenvalue weighted by atomic mass is 35.5. The second kappa shape index (κ2) is 11.3. The number of nitrogens with one attached hydrogen (secondary N) is 1. The van der Waals surface area contributed by atoms with Crippen LogP contribution in [0.25, 0.3) is 0 Å². The van der Waals surface area contributed by atoms with Crippen LogP contribution in [0.3, 0.4) is 0 Å². The third-order valence-corrected chi connectivity index (χ3v) is 8.17. The van der Waals surface area contributed by atoms with Gasteiger partial charge in [0.1, 0.15) is 5.00 Å². The maximum Gasteiger partial charge on any atom is 0.256 e. The van der Waals surface area contributed by atoms with Gasteiger partial charge in [-0.3, -0.25) is 9.69 Å². The van der Waals surface area contributed by atoms with Gasteiger partial charge < -0.3 is 10.2 Å². The molecular formula is C30H30ClN3OS. The molecular weight excluding hydrogens is 486 g/mol. The summed E-state index contributed by atoms with van der Waals surface area (Å²) in [5, 5.41) is 4.88. The number of halogens is 1. The first-order valence-corrected chi connectivity index (χ1v) is 13.6. The maximum atomic E-state index is 13.1. The second-order valence-electron chi connectivity index (χ2n) is 8.98. The van der Waals surface area contributed by atoms with Crippen molar-refractivity contribution >= 4 is 39.5 Å². The summed E-state index contributed by atoms with van der Waals surface area (Å²) in [5.74, 6) is -0.0786. The summed E-state index contributed by atoms with van der Waals surface area (Å²) in [5.41, 5.74) is 4.26. The minimum absolute atomic E-state index is 0.0304. The summed E-state index contributed by atoms with van der Waals surface area (Å²) < 4.78 is 0. The fourth-order valence-electron chi connectivity index (χ4n) is 4.81. The van der Waals surface area contributed by atoms with Crippen LogP contribution in [0.4, 0.5) is 10.7 Å². The van der Waals surface area contributed by atoms with E-state index in [1.807, 2.05) is 42.5 Å². The molecule has 4 nitrogen and oxygen atoms in total. The van der Waals surface area contributed by atoms with Crippen LogP contribution in [-0.2, 0) is 6.42 Å². The smallest absolute Gasteiger partial charge is 0.256 e. The van der Waals surface area contributed by atoms with Gasteiger partial charge in [0.2, 0.25) is 0 Å². The zero-order valence-corrected chi connectivity index (χ0v) is 21.9. The first kappa shape index (κ1) is 24.6. The van der Waals surface area contributed by atoms with Crippen molar-refractivity contribution in [3.8, 4) is 0 Å². The number of piperazine rings is 1. The summed E-state index contributed by atoms with van der Waals surface area (Å²) in [7, 11) is 0. The predicted molar refractivity (Wildman–Crippen MR) is 152 cm³/mol. The molecule has 0 bridgehead atoms. The van der Waals surface area contributed by atoms with Crippen LogP contribution in [0.5, 0.6) is 0 Å². The van der Waals surface area contributed by atoms with E-state index in [4.69, 9.17) is 11.6 Å². The van der Waals surface area contributed by atoms with Crippen molar-refractivity contribution in [3.05, 3.63) is 118 Å². The van der Waals surface area contributed by atoms with Gasteiger partial charge >= 0.3 is 0 Å². The number of nitrogens with zero attached hydrogens (tertiary/aromatic N) is 2. The highest BCUT2D eigenvalue weighted by Gasteiger charge is 2.30. The Kier molecular flexibility index (Phi) is 7.71. The van der Waals surface area contributed by atoms with Crippen molar-refractivity contribution in [2.45, 2.75) is 19.4 Å². The Balaban J connectivity index is 1.47. The molecule has 1 atom stereocenters. The fourth-order valence-corrected chi connectivity index (χ4v) is 5.96. The number of rotatable bonds is 7. The molecule has 3 aromatic carbocycles. The summed E-state index contributed by atoms with van der Waals surface area (Å²) in [6, 6.07) is 30.5. The van der Waals surface area contributed by atoms with E-state index in [0.29, 0.717) is 5.56 Å². The molecule has 184 valence electrons. The molecule has 36 heavy (non-hydrogen) atoms. The van der Waals surface area contributed by atoms with Crippen LogP contribution in [0.2, 0.25) is 5.02 Å². The van der Waals surface area contributed by atoms with E-state index in [0.717, 1.165) is 48.2 Å². The van der Waals surface area contributed by atoms with E-state index in [2.05, 4.69) is 70.6 Å². The number of amides is 1. The molecule has 1 amide bonds. The average Bonchev–Trinajstić information content (AvgIpc) is 3.33.